The Morgan fingerprint density at radius 1 is 1.39 bits per heavy atom. The lowest BCUT2D eigenvalue weighted by Crippen LogP contribution is -2.28. The molecule has 1 aromatic rings. The quantitative estimate of drug-likeness (QED) is 0.807. The number of nitrogens with zero attached hydrogens (tertiary/aromatic N) is 1. The largest absolute Gasteiger partial charge is 0.242 e. The van der Waals surface area contributed by atoms with Crippen molar-refractivity contribution in [1.82, 2.24) is 4.31 Å². The SMILES string of the molecule is CC(C)CCN(C)S(=O)(=O)c1ccc(Cl)c(Br)c1. The maximum atomic E-state index is 12.3. The van der Waals surface area contributed by atoms with Gasteiger partial charge in [-0.15, -0.1) is 0 Å². The van der Waals surface area contributed by atoms with Gasteiger partial charge in [-0.3, -0.25) is 0 Å². The van der Waals surface area contributed by atoms with Gasteiger partial charge in [0.25, 0.3) is 0 Å². The smallest absolute Gasteiger partial charge is 0.207 e. The second kappa shape index (κ2) is 6.37. The van der Waals surface area contributed by atoms with Gasteiger partial charge in [0.15, 0.2) is 0 Å². The summed E-state index contributed by atoms with van der Waals surface area (Å²) in [4.78, 5) is 0.255. The lowest BCUT2D eigenvalue weighted by Gasteiger charge is -2.18. The van der Waals surface area contributed by atoms with E-state index in [1.54, 1.807) is 13.1 Å². The highest BCUT2D eigenvalue weighted by atomic mass is 79.9. The maximum absolute atomic E-state index is 12.3. The average molecular weight is 355 g/mol. The van der Waals surface area contributed by atoms with Gasteiger partial charge in [0, 0.05) is 18.1 Å². The van der Waals surface area contributed by atoms with Crippen molar-refractivity contribution >= 4 is 37.6 Å². The second-order valence-electron chi connectivity index (χ2n) is 4.59. The fraction of sp³-hybridized carbons (Fsp3) is 0.500. The van der Waals surface area contributed by atoms with Gasteiger partial charge in [-0.05, 0) is 46.5 Å². The predicted molar refractivity (Wildman–Crippen MR) is 78.4 cm³/mol. The highest BCUT2D eigenvalue weighted by molar-refractivity contribution is 9.10. The van der Waals surface area contributed by atoms with E-state index in [2.05, 4.69) is 29.8 Å². The first kappa shape index (κ1) is 16.0. The predicted octanol–water partition coefficient (Wildman–Crippen LogP) is 3.77. The van der Waals surface area contributed by atoms with Gasteiger partial charge in [-0.2, -0.15) is 0 Å². The van der Waals surface area contributed by atoms with Gasteiger partial charge in [0.2, 0.25) is 10.0 Å². The highest BCUT2D eigenvalue weighted by Crippen LogP contribution is 2.26. The van der Waals surface area contributed by atoms with Crippen molar-refractivity contribution in [3.05, 3.63) is 27.7 Å². The molecule has 0 aliphatic heterocycles. The van der Waals surface area contributed by atoms with E-state index >= 15 is 0 Å². The molecule has 0 radical (unpaired) electrons. The fourth-order valence-electron chi connectivity index (χ4n) is 1.38. The van der Waals surface area contributed by atoms with Crippen LogP contribution in [0.4, 0.5) is 0 Å². The summed E-state index contributed by atoms with van der Waals surface area (Å²) < 4.78 is 26.5. The normalized spacial score (nSPS) is 12.4. The monoisotopic (exact) mass is 353 g/mol. The topological polar surface area (TPSA) is 37.4 Å². The molecule has 6 heteroatoms. The standard InChI is InChI=1S/C12H17BrClNO2S/c1-9(2)6-7-15(3)18(16,17)10-4-5-12(14)11(13)8-10/h4-5,8-9H,6-7H2,1-3H3. The average Bonchev–Trinajstić information content (AvgIpc) is 2.29. The van der Waals surface area contributed by atoms with Gasteiger partial charge in [0.05, 0.1) is 9.92 Å². The Morgan fingerprint density at radius 3 is 2.50 bits per heavy atom. The summed E-state index contributed by atoms with van der Waals surface area (Å²) >= 11 is 9.09. The molecule has 1 aromatic carbocycles. The van der Waals surface area contributed by atoms with Gasteiger partial charge in [0.1, 0.15) is 0 Å². The summed E-state index contributed by atoms with van der Waals surface area (Å²) in [7, 11) is -1.83. The van der Waals surface area contributed by atoms with Crippen molar-refractivity contribution < 1.29 is 8.42 Å². The van der Waals surface area contributed by atoms with Crippen molar-refractivity contribution in [3.63, 3.8) is 0 Å². The van der Waals surface area contributed by atoms with E-state index in [0.717, 1.165) is 6.42 Å². The Morgan fingerprint density at radius 2 is 2.00 bits per heavy atom. The van der Waals surface area contributed by atoms with E-state index in [4.69, 9.17) is 11.6 Å². The number of halogens is 2. The van der Waals surface area contributed by atoms with E-state index in [1.807, 2.05) is 0 Å². The molecule has 0 saturated heterocycles. The van der Waals surface area contributed by atoms with Crippen LogP contribution in [-0.2, 0) is 10.0 Å². The minimum atomic E-state index is -3.43. The highest BCUT2D eigenvalue weighted by Gasteiger charge is 2.21. The van der Waals surface area contributed by atoms with Crippen LogP contribution >= 0.6 is 27.5 Å². The molecule has 0 heterocycles. The Balaban J connectivity index is 2.95. The molecule has 0 aliphatic rings. The molecule has 102 valence electrons. The van der Waals surface area contributed by atoms with Crippen LogP contribution in [0.25, 0.3) is 0 Å². The number of sulfonamides is 1. The Labute approximate surface area is 122 Å². The van der Waals surface area contributed by atoms with Crippen LogP contribution in [0, 0.1) is 5.92 Å². The molecule has 0 spiro atoms. The molecule has 0 atom stereocenters. The van der Waals surface area contributed by atoms with Gasteiger partial charge >= 0.3 is 0 Å². The third-order valence-corrected chi connectivity index (χ3v) is 5.69. The second-order valence-corrected chi connectivity index (χ2v) is 7.89. The van der Waals surface area contributed by atoms with Crippen molar-refractivity contribution in [2.24, 2.45) is 5.92 Å². The van der Waals surface area contributed by atoms with Crippen LogP contribution in [0.5, 0.6) is 0 Å². The Hall–Kier alpha value is -0.100. The third kappa shape index (κ3) is 3.95. The van der Waals surface area contributed by atoms with Gasteiger partial charge < -0.3 is 0 Å². The molecule has 0 bridgehead atoms. The van der Waals surface area contributed by atoms with E-state index in [0.29, 0.717) is 22.0 Å². The van der Waals surface area contributed by atoms with E-state index in [-0.39, 0.29) is 4.90 Å². The minimum Gasteiger partial charge on any atom is -0.207 e. The van der Waals surface area contributed by atoms with Crippen molar-refractivity contribution in [3.8, 4) is 0 Å². The van der Waals surface area contributed by atoms with Gasteiger partial charge in [-0.25, -0.2) is 12.7 Å². The molecule has 18 heavy (non-hydrogen) atoms. The zero-order chi connectivity index (χ0) is 13.9. The zero-order valence-electron chi connectivity index (χ0n) is 10.7. The summed E-state index contributed by atoms with van der Waals surface area (Å²) in [6.45, 7) is 4.65. The lowest BCUT2D eigenvalue weighted by atomic mass is 10.1. The molecular weight excluding hydrogens is 338 g/mol. The number of hydrogen-bond donors (Lipinski definition) is 0. The molecule has 0 fully saturated rings. The van der Waals surface area contributed by atoms with Crippen LogP contribution in [0.1, 0.15) is 20.3 Å². The van der Waals surface area contributed by atoms with E-state index < -0.39 is 10.0 Å². The van der Waals surface area contributed by atoms with Crippen LogP contribution in [0.2, 0.25) is 5.02 Å². The lowest BCUT2D eigenvalue weighted by molar-refractivity contribution is 0.428. The minimum absolute atomic E-state index is 0.255. The third-order valence-electron chi connectivity index (χ3n) is 2.62. The van der Waals surface area contributed by atoms with E-state index in [9.17, 15) is 8.42 Å². The number of rotatable bonds is 5. The van der Waals surface area contributed by atoms with Crippen LogP contribution in [0.3, 0.4) is 0 Å². The van der Waals surface area contributed by atoms with E-state index in [1.165, 1.54) is 16.4 Å². The molecule has 0 amide bonds. The van der Waals surface area contributed by atoms with Crippen LogP contribution < -0.4 is 0 Å². The van der Waals surface area contributed by atoms with Crippen molar-refractivity contribution in [1.29, 1.82) is 0 Å². The Kier molecular flexibility index (Phi) is 5.65. The molecule has 3 nitrogen and oxygen atoms in total. The molecule has 0 aliphatic carbocycles. The van der Waals surface area contributed by atoms with Crippen molar-refractivity contribution in [2.45, 2.75) is 25.2 Å². The first-order valence-corrected chi connectivity index (χ1v) is 8.27. The number of hydrogen-bond acceptors (Lipinski definition) is 2. The Bertz CT molecular complexity index is 517. The molecule has 0 unspecified atom stereocenters. The summed E-state index contributed by atoms with van der Waals surface area (Å²) in [5.74, 6) is 0.472. The molecule has 0 N–H and O–H groups in total. The molecule has 0 saturated carbocycles. The zero-order valence-corrected chi connectivity index (χ0v) is 13.8. The summed E-state index contributed by atoms with van der Waals surface area (Å²) in [6, 6.07) is 4.63. The summed E-state index contributed by atoms with van der Waals surface area (Å²) in [5.41, 5.74) is 0. The molecular formula is C12H17BrClNO2S. The first-order valence-electron chi connectivity index (χ1n) is 5.66. The summed E-state index contributed by atoms with van der Waals surface area (Å²) in [6.07, 6.45) is 0.838. The van der Waals surface area contributed by atoms with Crippen molar-refractivity contribution in [2.75, 3.05) is 13.6 Å². The molecule has 1 rings (SSSR count). The summed E-state index contributed by atoms with van der Waals surface area (Å²) in [5, 5.41) is 0.499. The van der Waals surface area contributed by atoms with Gasteiger partial charge in [-0.1, -0.05) is 25.4 Å². The fourth-order valence-corrected chi connectivity index (χ4v) is 3.24. The molecule has 0 aromatic heterocycles. The maximum Gasteiger partial charge on any atom is 0.242 e. The van der Waals surface area contributed by atoms with Crippen LogP contribution in [0.15, 0.2) is 27.6 Å². The van der Waals surface area contributed by atoms with Crippen LogP contribution in [-0.4, -0.2) is 26.3 Å². The first-order chi connectivity index (χ1) is 8.25. The number of benzene rings is 1.